The van der Waals surface area contributed by atoms with E-state index in [0.29, 0.717) is 0 Å². The summed E-state index contributed by atoms with van der Waals surface area (Å²) in [6.07, 6.45) is 0. The molecule has 0 bridgehead atoms. The standard InChI is InChI=1S/C10H12/c1-8(2)10-7-5-4-6-9(10)3/h4-8H,1-2H2,3H3. The molecular weight excluding hydrogens is 120 g/mol. The molecule has 0 atom stereocenters. The molecule has 0 spiro atoms. The average molecular weight is 132 g/mol. The second-order valence-electron chi connectivity index (χ2n) is 2.55. The van der Waals surface area contributed by atoms with Crippen LogP contribution in [0.5, 0.6) is 0 Å². The third-order valence-electron chi connectivity index (χ3n) is 1.63. The van der Waals surface area contributed by atoms with Crippen molar-refractivity contribution in [1.82, 2.24) is 0 Å². The fourth-order valence-corrected chi connectivity index (χ4v) is 1.04. The monoisotopic (exact) mass is 132 g/mol. The van der Waals surface area contributed by atoms with Gasteiger partial charge < -0.3 is 0 Å². The second kappa shape index (κ2) is 2.87. The molecule has 0 unspecified atom stereocenters. The number of hydrogen-bond acceptors (Lipinski definition) is 0. The van der Waals surface area contributed by atoms with Crippen LogP contribution in [-0.2, 0) is 0 Å². The van der Waals surface area contributed by atoms with Gasteiger partial charge in [-0.1, -0.05) is 24.3 Å². The molecule has 0 aliphatic rings. The van der Waals surface area contributed by atoms with E-state index >= 15 is 0 Å². The molecule has 1 aromatic carbocycles. The number of rotatable bonds is 1. The maximum atomic E-state index is 3.86. The molecule has 0 amide bonds. The van der Waals surface area contributed by atoms with Crippen LogP contribution in [0.3, 0.4) is 0 Å². The molecule has 52 valence electrons. The van der Waals surface area contributed by atoms with Crippen LogP contribution in [0.25, 0.3) is 0 Å². The zero-order valence-electron chi connectivity index (χ0n) is 6.30. The Kier molecular flexibility index (Phi) is 2.10. The molecule has 0 fully saturated rings. The van der Waals surface area contributed by atoms with Crippen molar-refractivity contribution in [2.75, 3.05) is 0 Å². The van der Waals surface area contributed by atoms with Crippen LogP contribution >= 0.6 is 0 Å². The van der Waals surface area contributed by atoms with Crippen LogP contribution in [0.15, 0.2) is 24.3 Å². The van der Waals surface area contributed by atoms with Crippen LogP contribution in [0.1, 0.15) is 17.0 Å². The summed E-state index contributed by atoms with van der Waals surface area (Å²) >= 11 is 0. The highest BCUT2D eigenvalue weighted by Gasteiger charge is 1.99. The van der Waals surface area contributed by atoms with Crippen molar-refractivity contribution >= 4 is 0 Å². The van der Waals surface area contributed by atoms with Crippen molar-refractivity contribution in [2.24, 2.45) is 0 Å². The van der Waals surface area contributed by atoms with Crippen LogP contribution in [-0.4, -0.2) is 0 Å². The number of hydrogen-bond donors (Lipinski definition) is 0. The Morgan fingerprint density at radius 2 is 1.80 bits per heavy atom. The van der Waals surface area contributed by atoms with Gasteiger partial charge in [0, 0.05) is 0 Å². The Morgan fingerprint density at radius 1 is 1.20 bits per heavy atom. The summed E-state index contributed by atoms with van der Waals surface area (Å²) in [6, 6.07) is 8.20. The van der Waals surface area contributed by atoms with Crippen LogP contribution in [0.2, 0.25) is 0 Å². The minimum Gasteiger partial charge on any atom is -0.0620 e. The molecule has 2 radical (unpaired) electrons. The van der Waals surface area contributed by atoms with Gasteiger partial charge >= 0.3 is 0 Å². The first-order chi connectivity index (χ1) is 4.72. The summed E-state index contributed by atoms with van der Waals surface area (Å²) in [7, 11) is 0. The minimum atomic E-state index is 0.154. The molecule has 1 aromatic rings. The normalized spacial score (nSPS) is 10.4. The molecule has 0 aromatic heterocycles. The maximum Gasteiger partial charge on any atom is -0.0159 e. The number of aryl methyl sites for hydroxylation is 1. The first-order valence-electron chi connectivity index (χ1n) is 3.43. The molecule has 10 heavy (non-hydrogen) atoms. The Balaban J connectivity index is 3.03. The van der Waals surface area contributed by atoms with E-state index in [-0.39, 0.29) is 5.92 Å². The van der Waals surface area contributed by atoms with Gasteiger partial charge in [-0.05, 0) is 37.8 Å². The summed E-state index contributed by atoms with van der Waals surface area (Å²) in [5.41, 5.74) is 2.51. The van der Waals surface area contributed by atoms with Crippen molar-refractivity contribution in [3.05, 3.63) is 49.2 Å². The Hall–Kier alpha value is -0.780. The summed E-state index contributed by atoms with van der Waals surface area (Å²) < 4.78 is 0. The highest BCUT2D eigenvalue weighted by Crippen LogP contribution is 2.16. The molecule has 0 heteroatoms. The van der Waals surface area contributed by atoms with Gasteiger partial charge in [0.05, 0.1) is 0 Å². The SMILES string of the molecule is [CH2]C([CH2])c1ccccc1C. The fourth-order valence-electron chi connectivity index (χ4n) is 1.04. The lowest BCUT2D eigenvalue weighted by atomic mass is 9.99. The lowest BCUT2D eigenvalue weighted by Gasteiger charge is -2.07. The van der Waals surface area contributed by atoms with E-state index in [1.165, 1.54) is 11.1 Å². The molecule has 0 nitrogen and oxygen atoms in total. The van der Waals surface area contributed by atoms with Gasteiger partial charge in [0.15, 0.2) is 0 Å². The van der Waals surface area contributed by atoms with Gasteiger partial charge in [-0.15, -0.1) is 0 Å². The predicted octanol–water partition coefficient (Wildman–Crippen LogP) is 2.75. The minimum absolute atomic E-state index is 0.154. The number of benzene rings is 1. The van der Waals surface area contributed by atoms with Crippen LogP contribution in [0.4, 0.5) is 0 Å². The second-order valence-corrected chi connectivity index (χ2v) is 2.55. The fraction of sp³-hybridized carbons (Fsp3) is 0.200. The van der Waals surface area contributed by atoms with Crippen molar-refractivity contribution in [3.63, 3.8) is 0 Å². The van der Waals surface area contributed by atoms with Gasteiger partial charge in [0.1, 0.15) is 0 Å². The van der Waals surface area contributed by atoms with Crippen molar-refractivity contribution < 1.29 is 0 Å². The van der Waals surface area contributed by atoms with Gasteiger partial charge in [0.2, 0.25) is 0 Å². The summed E-state index contributed by atoms with van der Waals surface area (Å²) in [6.45, 7) is 9.80. The topological polar surface area (TPSA) is 0 Å². The van der Waals surface area contributed by atoms with Crippen molar-refractivity contribution in [2.45, 2.75) is 12.8 Å². The molecule has 0 aliphatic carbocycles. The molecule has 0 saturated heterocycles. The van der Waals surface area contributed by atoms with E-state index in [0.717, 1.165) is 0 Å². The van der Waals surface area contributed by atoms with E-state index in [9.17, 15) is 0 Å². The molecule has 0 N–H and O–H groups in total. The zero-order valence-corrected chi connectivity index (χ0v) is 6.30. The predicted molar refractivity (Wildman–Crippen MR) is 44.6 cm³/mol. The van der Waals surface area contributed by atoms with Crippen LogP contribution < -0.4 is 0 Å². The molecular formula is C10H12. The average Bonchev–Trinajstić information content (AvgIpc) is 1.88. The first kappa shape index (κ1) is 7.33. The van der Waals surface area contributed by atoms with Crippen molar-refractivity contribution in [3.8, 4) is 0 Å². The van der Waals surface area contributed by atoms with E-state index < -0.39 is 0 Å². The Bertz CT molecular complexity index is 211. The lowest BCUT2D eigenvalue weighted by Crippen LogP contribution is -1.90. The molecule has 0 aliphatic heterocycles. The zero-order chi connectivity index (χ0) is 7.56. The maximum absolute atomic E-state index is 3.86. The van der Waals surface area contributed by atoms with Gasteiger partial charge in [-0.3, -0.25) is 0 Å². The first-order valence-corrected chi connectivity index (χ1v) is 3.43. The highest BCUT2D eigenvalue weighted by molar-refractivity contribution is 5.30. The van der Waals surface area contributed by atoms with Gasteiger partial charge in [-0.25, -0.2) is 0 Å². The summed E-state index contributed by atoms with van der Waals surface area (Å²) in [5, 5.41) is 0. The molecule has 0 saturated carbocycles. The van der Waals surface area contributed by atoms with Crippen LogP contribution in [0, 0.1) is 20.8 Å². The smallest absolute Gasteiger partial charge is 0.0159 e. The summed E-state index contributed by atoms with van der Waals surface area (Å²) in [4.78, 5) is 0. The van der Waals surface area contributed by atoms with E-state index in [4.69, 9.17) is 0 Å². The highest BCUT2D eigenvalue weighted by atomic mass is 14.0. The third kappa shape index (κ3) is 1.38. The molecule has 1 rings (SSSR count). The van der Waals surface area contributed by atoms with E-state index in [1.54, 1.807) is 0 Å². The largest absolute Gasteiger partial charge is 0.0620 e. The lowest BCUT2D eigenvalue weighted by molar-refractivity contribution is 1.05. The summed E-state index contributed by atoms with van der Waals surface area (Å²) in [5.74, 6) is 0.154. The Labute approximate surface area is 62.9 Å². The van der Waals surface area contributed by atoms with Gasteiger partial charge in [-0.2, -0.15) is 0 Å². The van der Waals surface area contributed by atoms with E-state index in [1.807, 2.05) is 12.1 Å². The third-order valence-corrected chi connectivity index (χ3v) is 1.63. The van der Waals surface area contributed by atoms with E-state index in [2.05, 4.69) is 32.9 Å². The Morgan fingerprint density at radius 3 is 2.20 bits per heavy atom. The quantitative estimate of drug-likeness (QED) is 0.551. The van der Waals surface area contributed by atoms with Gasteiger partial charge in [0.25, 0.3) is 0 Å². The van der Waals surface area contributed by atoms with Crippen molar-refractivity contribution in [1.29, 1.82) is 0 Å². The molecule has 0 heterocycles.